The summed E-state index contributed by atoms with van der Waals surface area (Å²) in [4.78, 5) is 20.4. The molecular weight excluding hydrogens is 375 g/mol. The molecule has 0 fully saturated rings. The number of para-hydroxylation sites is 1. The molecule has 0 bridgehead atoms. The Balaban J connectivity index is 1.68. The third-order valence-electron chi connectivity index (χ3n) is 3.12. The van der Waals surface area contributed by atoms with Crippen LogP contribution in [0.3, 0.4) is 0 Å². The van der Waals surface area contributed by atoms with E-state index in [-0.39, 0.29) is 11.5 Å². The summed E-state index contributed by atoms with van der Waals surface area (Å²) in [5.74, 6) is -0.267. The van der Waals surface area contributed by atoms with Gasteiger partial charge in [0.25, 0.3) is 5.91 Å². The highest BCUT2D eigenvalue weighted by molar-refractivity contribution is 9.10. The standard InChI is InChI=1S/C17H12BrFN4O/c18-13-3-1-2-4-14(13)23-16-10-20-15(9-21-16)17(24)22-12-7-5-11(19)6-8-12/h1-10H,(H,21,23)(H,22,24). The average Bonchev–Trinajstić information content (AvgIpc) is 2.59. The topological polar surface area (TPSA) is 66.9 Å². The maximum Gasteiger partial charge on any atom is 0.275 e. The summed E-state index contributed by atoms with van der Waals surface area (Å²) in [7, 11) is 0. The molecule has 7 heteroatoms. The predicted octanol–water partition coefficient (Wildman–Crippen LogP) is 4.37. The van der Waals surface area contributed by atoms with Gasteiger partial charge in [-0.3, -0.25) is 4.79 Å². The minimum absolute atomic E-state index is 0.164. The predicted molar refractivity (Wildman–Crippen MR) is 93.8 cm³/mol. The number of anilines is 3. The maximum absolute atomic E-state index is 12.9. The Labute approximate surface area is 146 Å². The Hall–Kier alpha value is -2.80. The van der Waals surface area contributed by atoms with Crippen molar-refractivity contribution in [3.8, 4) is 0 Å². The monoisotopic (exact) mass is 386 g/mol. The molecule has 0 aliphatic rings. The van der Waals surface area contributed by atoms with E-state index in [4.69, 9.17) is 0 Å². The van der Waals surface area contributed by atoms with E-state index in [0.717, 1.165) is 10.2 Å². The molecule has 24 heavy (non-hydrogen) atoms. The van der Waals surface area contributed by atoms with Gasteiger partial charge in [-0.05, 0) is 52.3 Å². The van der Waals surface area contributed by atoms with E-state index in [9.17, 15) is 9.18 Å². The van der Waals surface area contributed by atoms with Gasteiger partial charge in [-0.2, -0.15) is 0 Å². The van der Waals surface area contributed by atoms with Gasteiger partial charge >= 0.3 is 0 Å². The fourth-order valence-corrected chi connectivity index (χ4v) is 2.32. The van der Waals surface area contributed by atoms with Crippen LogP contribution in [0.15, 0.2) is 65.4 Å². The molecule has 1 aromatic heterocycles. The first-order chi connectivity index (χ1) is 11.6. The molecule has 1 amide bonds. The lowest BCUT2D eigenvalue weighted by Gasteiger charge is -2.08. The van der Waals surface area contributed by atoms with E-state index in [0.29, 0.717) is 11.5 Å². The van der Waals surface area contributed by atoms with Gasteiger partial charge in [0.15, 0.2) is 0 Å². The van der Waals surface area contributed by atoms with Gasteiger partial charge < -0.3 is 10.6 Å². The third kappa shape index (κ3) is 3.94. The number of benzene rings is 2. The first-order valence-electron chi connectivity index (χ1n) is 7.02. The molecule has 0 saturated carbocycles. The molecular formula is C17H12BrFN4O. The summed E-state index contributed by atoms with van der Waals surface area (Å²) in [5, 5.41) is 5.73. The molecule has 3 rings (SSSR count). The fraction of sp³-hybridized carbons (Fsp3) is 0. The highest BCUT2D eigenvalue weighted by Crippen LogP contribution is 2.24. The zero-order chi connectivity index (χ0) is 16.9. The van der Waals surface area contributed by atoms with Crippen LogP contribution in [0.1, 0.15) is 10.5 Å². The van der Waals surface area contributed by atoms with Crippen molar-refractivity contribution in [2.24, 2.45) is 0 Å². The summed E-state index contributed by atoms with van der Waals surface area (Å²) in [6.45, 7) is 0. The lowest BCUT2D eigenvalue weighted by molar-refractivity contribution is 0.102. The minimum atomic E-state index is -0.415. The first kappa shape index (κ1) is 16.1. The van der Waals surface area contributed by atoms with Crippen molar-refractivity contribution >= 4 is 39.0 Å². The van der Waals surface area contributed by atoms with Crippen molar-refractivity contribution in [3.63, 3.8) is 0 Å². The summed E-state index contributed by atoms with van der Waals surface area (Å²) in [6, 6.07) is 13.1. The molecule has 0 atom stereocenters. The van der Waals surface area contributed by atoms with E-state index in [1.165, 1.54) is 36.7 Å². The van der Waals surface area contributed by atoms with Gasteiger partial charge in [0.05, 0.1) is 18.1 Å². The van der Waals surface area contributed by atoms with Crippen molar-refractivity contribution in [1.29, 1.82) is 0 Å². The quantitative estimate of drug-likeness (QED) is 0.698. The summed E-state index contributed by atoms with van der Waals surface area (Å²) in [6.07, 6.45) is 2.84. The Morgan fingerprint density at radius 1 is 1.00 bits per heavy atom. The zero-order valence-corrected chi connectivity index (χ0v) is 13.9. The normalized spacial score (nSPS) is 10.2. The fourth-order valence-electron chi connectivity index (χ4n) is 1.94. The lowest BCUT2D eigenvalue weighted by atomic mass is 10.3. The number of rotatable bonds is 4. The van der Waals surface area contributed by atoms with Gasteiger partial charge in [0.1, 0.15) is 17.3 Å². The van der Waals surface area contributed by atoms with Crippen molar-refractivity contribution in [1.82, 2.24) is 9.97 Å². The molecule has 3 aromatic rings. The molecule has 0 saturated heterocycles. The summed E-state index contributed by atoms with van der Waals surface area (Å²) >= 11 is 3.43. The lowest BCUT2D eigenvalue weighted by Crippen LogP contribution is -2.14. The van der Waals surface area contributed by atoms with Crippen LogP contribution in [-0.4, -0.2) is 15.9 Å². The Morgan fingerprint density at radius 3 is 2.42 bits per heavy atom. The number of carbonyl (C=O) groups excluding carboxylic acids is 1. The number of amides is 1. The van der Waals surface area contributed by atoms with Crippen LogP contribution in [0.4, 0.5) is 21.6 Å². The smallest absolute Gasteiger partial charge is 0.275 e. The van der Waals surface area contributed by atoms with E-state index in [1.54, 1.807) is 0 Å². The molecule has 120 valence electrons. The van der Waals surface area contributed by atoms with Crippen LogP contribution < -0.4 is 10.6 Å². The highest BCUT2D eigenvalue weighted by Gasteiger charge is 2.09. The Bertz CT molecular complexity index is 853. The Morgan fingerprint density at radius 2 is 1.75 bits per heavy atom. The van der Waals surface area contributed by atoms with Crippen molar-refractivity contribution < 1.29 is 9.18 Å². The number of hydrogen-bond donors (Lipinski definition) is 2. The molecule has 0 unspecified atom stereocenters. The van der Waals surface area contributed by atoms with Crippen LogP contribution in [-0.2, 0) is 0 Å². The second-order valence-corrected chi connectivity index (χ2v) is 5.71. The van der Waals surface area contributed by atoms with Crippen molar-refractivity contribution in [2.45, 2.75) is 0 Å². The molecule has 2 N–H and O–H groups in total. The van der Waals surface area contributed by atoms with Crippen LogP contribution in [0, 0.1) is 5.82 Å². The van der Waals surface area contributed by atoms with Crippen molar-refractivity contribution in [3.05, 3.63) is 76.9 Å². The van der Waals surface area contributed by atoms with Gasteiger partial charge in [0.2, 0.25) is 0 Å². The average molecular weight is 387 g/mol. The van der Waals surface area contributed by atoms with Gasteiger partial charge in [-0.1, -0.05) is 12.1 Å². The molecule has 0 spiro atoms. The SMILES string of the molecule is O=C(Nc1ccc(F)cc1)c1cnc(Nc2ccccc2Br)cn1. The number of hydrogen-bond acceptors (Lipinski definition) is 4. The molecule has 0 aliphatic carbocycles. The van der Waals surface area contributed by atoms with Crippen LogP contribution >= 0.6 is 15.9 Å². The number of nitrogens with one attached hydrogen (secondary N) is 2. The van der Waals surface area contributed by atoms with Gasteiger partial charge in [-0.15, -0.1) is 0 Å². The summed E-state index contributed by atoms with van der Waals surface area (Å²) < 4.78 is 13.7. The van der Waals surface area contributed by atoms with Crippen molar-refractivity contribution in [2.75, 3.05) is 10.6 Å². The maximum atomic E-state index is 12.9. The van der Waals surface area contributed by atoms with Crippen LogP contribution in [0.2, 0.25) is 0 Å². The number of carbonyl (C=O) groups is 1. The minimum Gasteiger partial charge on any atom is -0.338 e. The second-order valence-electron chi connectivity index (χ2n) is 4.85. The molecule has 0 radical (unpaired) electrons. The third-order valence-corrected chi connectivity index (χ3v) is 3.81. The molecule has 5 nitrogen and oxygen atoms in total. The first-order valence-corrected chi connectivity index (χ1v) is 7.81. The molecule has 1 heterocycles. The zero-order valence-electron chi connectivity index (χ0n) is 12.3. The molecule has 0 aliphatic heterocycles. The van der Waals surface area contributed by atoms with E-state index < -0.39 is 5.91 Å². The Kier molecular flexibility index (Phi) is 4.81. The second kappa shape index (κ2) is 7.18. The van der Waals surface area contributed by atoms with Gasteiger partial charge in [0, 0.05) is 10.2 Å². The van der Waals surface area contributed by atoms with Crippen LogP contribution in [0.5, 0.6) is 0 Å². The molecule has 2 aromatic carbocycles. The largest absolute Gasteiger partial charge is 0.338 e. The number of halogens is 2. The van der Waals surface area contributed by atoms with E-state index in [1.807, 2.05) is 24.3 Å². The van der Waals surface area contributed by atoms with E-state index in [2.05, 4.69) is 36.5 Å². The van der Waals surface area contributed by atoms with Gasteiger partial charge in [-0.25, -0.2) is 14.4 Å². The number of aromatic nitrogens is 2. The number of nitrogens with zero attached hydrogens (tertiary/aromatic N) is 2. The van der Waals surface area contributed by atoms with Crippen LogP contribution in [0.25, 0.3) is 0 Å². The highest BCUT2D eigenvalue weighted by atomic mass is 79.9. The summed E-state index contributed by atoms with van der Waals surface area (Å²) in [5.41, 5.74) is 1.49. The van der Waals surface area contributed by atoms with E-state index >= 15 is 0 Å².